The van der Waals surface area contributed by atoms with Gasteiger partial charge in [-0.05, 0) is 42.0 Å². The fourth-order valence-corrected chi connectivity index (χ4v) is 4.18. The van der Waals surface area contributed by atoms with E-state index in [1.807, 2.05) is 24.3 Å². The van der Waals surface area contributed by atoms with Crippen LogP contribution in [0.15, 0.2) is 48.5 Å². The number of unbranched alkanes of at least 4 members (excludes halogenated alkanes) is 4. The van der Waals surface area contributed by atoms with E-state index in [0.717, 1.165) is 47.9 Å². The summed E-state index contributed by atoms with van der Waals surface area (Å²) in [6.45, 7) is 2.35. The van der Waals surface area contributed by atoms with E-state index >= 15 is 0 Å². The number of ether oxygens (including phenoxy) is 1. The van der Waals surface area contributed by atoms with Crippen LogP contribution >= 0.6 is 0 Å². The lowest BCUT2D eigenvalue weighted by molar-refractivity contribution is -0.137. The van der Waals surface area contributed by atoms with Crippen LogP contribution in [-0.2, 0) is 14.3 Å². The second-order valence-corrected chi connectivity index (χ2v) is 8.39. The zero-order valence-electron chi connectivity index (χ0n) is 19.0. The highest BCUT2D eigenvalue weighted by Crippen LogP contribution is 2.44. The number of alkyl carbamates (subject to hydrolysis) is 1. The highest BCUT2D eigenvalue weighted by atomic mass is 16.5. The van der Waals surface area contributed by atoms with Crippen molar-refractivity contribution < 1.29 is 24.2 Å². The average Bonchev–Trinajstić information content (AvgIpc) is 3.12. The molecule has 1 unspecified atom stereocenters. The van der Waals surface area contributed by atoms with Gasteiger partial charge in [0, 0.05) is 18.9 Å². The Morgan fingerprint density at radius 2 is 1.48 bits per heavy atom. The predicted octanol–water partition coefficient (Wildman–Crippen LogP) is 4.46. The molecule has 33 heavy (non-hydrogen) atoms. The first-order valence-corrected chi connectivity index (χ1v) is 11.6. The lowest BCUT2D eigenvalue weighted by Crippen LogP contribution is -2.45. The molecule has 2 aromatic rings. The number of fused-ring (bicyclic) bond motifs is 3. The van der Waals surface area contributed by atoms with Crippen molar-refractivity contribution in [3.05, 3.63) is 59.7 Å². The molecule has 2 aromatic carbocycles. The number of carboxylic acids is 1. The first-order valence-electron chi connectivity index (χ1n) is 11.6. The second kappa shape index (κ2) is 12.0. The maximum atomic E-state index is 12.3. The maximum absolute atomic E-state index is 12.3. The summed E-state index contributed by atoms with van der Waals surface area (Å²) in [5.74, 6) is -1.04. The van der Waals surface area contributed by atoms with Crippen LogP contribution in [0.1, 0.15) is 62.5 Å². The van der Waals surface area contributed by atoms with Crippen molar-refractivity contribution in [2.45, 2.75) is 57.4 Å². The van der Waals surface area contributed by atoms with Gasteiger partial charge in [0.05, 0.1) is 0 Å². The average molecular weight is 453 g/mol. The molecule has 0 saturated heterocycles. The third-order valence-electron chi connectivity index (χ3n) is 5.94. The van der Waals surface area contributed by atoms with Gasteiger partial charge in [-0.25, -0.2) is 4.79 Å². The molecule has 3 N–H and O–H groups in total. The van der Waals surface area contributed by atoms with Gasteiger partial charge in [-0.3, -0.25) is 9.59 Å². The molecule has 7 heteroatoms. The third kappa shape index (κ3) is 6.81. The molecule has 0 spiro atoms. The van der Waals surface area contributed by atoms with Crippen LogP contribution < -0.4 is 10.6 Å². The van der Waals surface area contributed by atoms with Gasteiger partial charge < -0.3 is 20.5 Å². The van der Waals surface area contributed by atoms with Gasteiger partial charge in [-0.2, -0.15) is 0 Å². The molecule has 3 rings (SSSR count). The van der Waals surface area contributed by atoms with Crippen LogP contribution in [0.25, 0.3) is 11.1 Å². The van der Waals surface area contributed by atoms with E-state index in [0.29, 0.717) is 13.0 Å². The van der Waals surface area contributed by atoms with E-state index in [1.165, 1.54) is 0 Å². The van der Waals surface area contributed by atoms with Crippen molar-refractivity contribution in [2.24, 2.45) is 0 Å². The number of nitrogens with one attached hydrogen (secondary N) is 2. The minimum absolute atomic E-state index is 0.0252. The Hall–Kier alpha value is -3.35. The smallest absolute Gasteiger partial charge is 0.407 e. The van der Waals surface area contributed by atoms with E-state index in [9.17, 15) is 14.4 Å². The predicted molar refractivity (Wildman–Crippen MR) is 126 cm³/mol. The molecule has 0 saturated carbocycles. The standard InChI is InChI=1S/C26H32N2O5/c1-18(25(31)27-16-10-4-2-3-5-15-24(29)30)28-26(32)33-17-23-21-13-8-6-11-19(21)20-12-7-9-14-22(20)23/h6-9,11-14,18,23H,2-5,10,15-17H2,1H3,(H,27,31)(H,28,32)(H,29,30). The topological polar surface area (TPSA) is 105 Å². The molecule has 1 aliphatic rings. The van der Waals surface area contributed by atoms with E-state index in [1.54, 1.807) is 6.92 Å². The van der Waals surface area contributed by atoms with Crippen LogP contribution in [0.3, 0.4) is 0 Å². The number of benzene rings is 2. The first-order chi connectivity index (χ1) is 16.0. The van der Waals surface area contributed by atoms with Gasteiger partial charge >= 0.3 is 12.1 Å². The fraction of sp³-hybridized carbons (Fsp3) is 0.423. The SMILES string of the molecule is CC(NC(=O)OCC1c2ccccc2-c2ccccc21)C(=O)NCCCCCCCC(=O)O. The Balaban J connectivity index is 1.37. The maximum Gasteiger partial charge on any atom is 0.407 e. The molecular formula is C26H32N2O5. The van der Waals surface area contributed by atoms with Gasteiger partial charge in [0.15, 0.2) is 0 Å². The highest BCUT2D eigenvalue weighted by Gasteiger charge is 2.29. The fourth-order valence-electron chi connectivity index (χ4n) is 4.18. The summed E-state index contributed by atoms with van der Waals surface area (Å²) in [5, 5.41) is 14.0. The molecule has 0 fully saturated rings. The Morgan fingerprint density at radius 3 is 2.12 bits per heavy atom. The number of amides is 2. The van der Waals surface area contributed by atoms with Crippen LogP contribution in [0, 0.1) is 0 Å². The summed E-state index contributed by atoms with van der Waals surface area (Å²) in [5.41, 5.74) is 4.61. The van der Waals surface area contributed by atoms with Crippen molar-refractivity contribution in [1.29, 1.82) is 0 Å². The largest absolute Gasteiger partial charge is 0.481 e. The summed E-state index contributed by atoms with van der Waals surface area (Å²) < 4.78 is 5.49. The first kappa shape index (κ1) is 24.3. The summed E-state index contributed by atoms with van der Waals surface area (Å²) in [6, 6.07) is 15.6. The van der Waals surface area contributed by atoms with Crippen LogP contribution in [-0.4, -0.2) is 42.3 Å². The van der Waals surface area contributed by atoms with E-state index in [-0.39, 0.29) is 24.9 Å². The molecule has 7 nitrogen and oxygen atoms in total. The second-order valence-electron chi connectivity index (χ2n) is 8.39. The normalized spacial score (nSPS) is 13.0. The molecule has 0 bridgehead atoms. The number of carbonyl (C=O) groups is 3. The number of carbonyl (C=O) groups excluding carboxylic acids is 2. The Morgan fingerprint density at radius 1 is 0.909 bits per heavy atom. The number of carboxylic acid groups (broad SMARTS) is 1. The molecule has 0 heterocycles. The molecular weight excluding hydrogens is 420 g/mol. The van der Waals surface area contributed by atoms with Crippen molar-refractivity contribution in [3.8, 4) is 11.1 Å². The molecule has 0 radical (unpaired) electrons. The van der Waals surface area contributed by atoms with Crippen LogP contribution in [0.5, 0.6) is 0 Å². The van der Waals surface area contributed by atoms with Gasteiger partial charge in [0.25, 0.3) is 0 Å². The minimum atomic E-state index is -0.764. The zero-order valence-corrected chi connectivity index (χ0v) is 19.0. The van der Waals surface area contributed by atoms with Gasteiger partial charge in [0.2, 0.25) is 5.91 Å². The molecule has 0 aliphatic heterocycles. The van der Waals surface area contributed by atoms with Gasteiger partial charge in [-0.1, -0.05) is 67.8 Å². The number of hydrogen-bond donors (Lipinski definition) is 3. The molecule has 1 atom stereocenters. The molecule has 0 aromatic heterocycles. The third-order valence-corrected chi connectivity index (χ3v) is 5.94. The summed E-state index contributed by atoms with van der Waals surface area (Å²) in [7, 11) is 0. The summed E-state index contributed by atoms with van der Waals surface area (Å²) in [6.07, 6.45) is 3.83. The minimum Gasteiger partial charge on any atom is -0.481 e. The van der Waals surface area contributed by atoms with Crippen LogP contribution in [0.2, 0.25) is 0 Å². The van der Waals surface area contributed by atoms with Crippen molar-refractivity contribution >= 4 is 18.0 Å². The monoisotopic (exact) mass is 452 g/mol. The Bertz CT molecular complexity index is 929. The van der Waals surface area contributed by atoms with E-state index < -0.39 is 18.1 Å². The quantitative estimate of drug-likeness (QED) is 0.413. The highest BCUT2D eigenvalue weighted by molar-refractivity contribution is 5.85. The molecule has 2 amide bonds. The summed E-state index contributed by atoms with van der Waals surface area (Å²) >= 11 is 0. The Kier molecular flexibility index (Phi) is 8.87. The lowest BCUT2D eigenvalue weighted by atomic mass is 9.98. The molecule has 1 aliphatic carbocycles. The molecule has 176 valence electrons. The van der Waals surface area contributed by atoms with E-state index in [2.05, 4.69) is 34.9 Å². The van der Waals surface area contributed by atoms with Crippen LogP contribution in [0.4, 0.5) is 4.79 Å². The number of hydrogen-bond acceptors (Lipinski definition) is 4. The number of aliphatic carboxylic acids is 1. The van der Waals surface area contributed by atoms with Crippen molar-refractivity contribution in [2.75, 3.05) is 13.2 Å². The Labute approximate surface area is 194 Å². The van der Waals surface area contributed by atoms with Gasteiger partial charge in [0.1, 0.15) is 12.6 Å². The lowest BCUT2D eigenvalue weighted by Gasteiger charge is -2.17. The van der Waals surface area contributed by atoms with Gasteiger partial charge in [-0.15, -0.1) is 0 Å². The summed E-state index contributed by atoms with van der Waals surface area (Å²) in [4.78, 5) is 35.0. The van der Waals surface area contributed by atoms with E-state index in [4.69, 9.17) is 9.84 Å². The number of rotatable bonds is 12. The van der Waals surface area contributed by atoms with Crippen molar-refractivity contribution in [1.82, 2.24) is 10.6 Å². The zero-order chi connectivity index (χ0) is 23.6. The van der Waals surface area contributed by atoms with Crippen molar-refractivity contribution in [3.63, 3.8) is 0 Å².